The van der Waals surface area contributed by atoms with Gasteiger partial charge in [-0.3, -0.25) is 9.59 Å². The predicted molar refractivity (Wildman–Crippen MR) is 110 cm³/mol. The van der Waals surface area contributed by atoms with Crippen LogP contribution in [0.4, 0.5) is 0 Å². The van der Waals surface area contributed by atoms with Gasteiger partial charge >= 0.3 is 0 Å². The second-order valence-corrected chi connectivity index (χ2v) is 7.13. The molecule has 0 saturated heterocycles. The van der Waals surface area contributed by atoms with E-state index in [9.17, 15) is 9.59 Å². The first-order valence-corrected chi connectivity index (χ1v) is 9.50. The predicted octanol–water partition coefficient (Wildman–Crippen LogP) is 4.77. The summed E-state index contributed by atoms with van der Waals surface area (Å²) in [5, 5.41) is 3.82. The molecule has 2 aromatic carbocycles. The second-order valence-electron chi connectivity index (χ2n) is 7.13. The van der Waals surface area contributed by atoms with E-state index in [1.807, 2.05) is 37.3 Å². The zero-order valence-corrected chi connectivity index (χ0v) is 16.2. The van der Waals surface area contributed by atoms with Gasteiger partial charge in [-0.15, -0.1) is 0 Å². The highest BCUT2D eigenvalue weighted by molar-refractivity contribution is 6.03. The molecular weight excluding hydrogens is 336 g/mol. The van der Waals surface area contributed by atoms with E-state index in [0.717, 1.165) is 40.4 Å². The van der Waals surface area contributed by atoms with Crippen LogP contribution >= 0.6 is 0 Å². The van der Waals surface area contributed by atoms with Crippen molar-refractivity contribution in [2.75, 3.05) is 6.54 Å². The lowest BCUT2D eigenvalue weighted by atomic mass is 10.0. The maximum absolute atomic E-state index is 12.4. The van der Waals surface area contributed by atoms with E-state index in [4.69, 9.17) is 0 Å². The standard InChI is InChI=1S/C23H26N2O2/c1-4-12-24-23(27)18-10-11-19-20(15-26)22(16(2)3)25(21(19)13-18)14-17-8-6-5-7-9-17/h5-11,13,15-16H,4,12,14H2,1-3H3,(H,24,27). The van der Waals surface area contributed by atoms with Gasteiger partial charge in [0.15, 0.2) is 6.29 Å². The first-order valence-electron chi connectivity index (χ1n) is 9.50. The first kappa shape index (κ1) is 18.9. The number of rotatable bonds is 7. The number of hydrogen-bond acceptors (Lipinski definition) is 2. The average Bonchev–Trinajstić information content (AvgIpc) is 2.99. The number of hydrogen-bond donors (Lipinski definition) is 1. The maximum Gasteiger partial charge on any atom is 0.251 e. The zero-order valence-electron chi connectivity index (χ0n) is 16.2. The number of fused-ring (bicyclic) bond motifs is 1. The highest BCUT2D eigenvalue weighted by Gasteiger charge is 2.20. The largest absolute Gasteiger partial charge is 0.352 e. The Labute approximate surface area is 160 Å². The van der Waals surface area contributed by atoms with Crippen molar-refractivity contribution >= 4 is 23.1 Å². The monoisotopic (exact) mass is 362 g/mol. The Kier molecular flexibility index (Phi) is 5.75. The van der Waals surface area contributed by atoms with Crippen molar-refractivity contribution in [3.8, 4) is 0 Å². The molecule has 0 unspecified atom stereocenters. The molecule has 4 nitrogen and oxygen atoms in total. The molecule has 0 spiro atoms. The Morgan fingerprint density at radius 3 is 2.52 bits per heavy atom. The molecule has 1 aromatic heterocycles. The second kappa shape index (κ2) is 8.21. The maximum atomic E-state index is 12.4. The van der Waals surface area contributed by atoms with Crippen molar-refractivity contribution in [1.29, 1.82) is 0 Å². The molecule has 0 atom stereocenters. The molecule has 1 heterocycles. The minimum Gasteiger partial charge on any atom is -0.352 e. The summed E-state index contributed by atoms with van der Waals surface area (Å²) in [6, 6.07) is 15.8. The topological polar surface area (TPSA) is 51.1 Å². The van der Waals surface area contributed by atoms with Crippen LogP contribution in [-0.2, 0) is 6.54 Å². The number of carbonyl (C=O) groups is 2. The molecule has 3 rings (SSSR count). The lowest BCUT2D eigenvalue weighted by Gasteiger charge is -2.14. The number of amides is 1. The van der Waals surface area contributed by atoms with Crippen LogP contribution in [-0.4, -0.2) is 23.3 Å². The summed E-state index contributed by atoms with van der Waals surface area (Å²) in [6.45, 7) is 7.53. The molecule has 0 aliphatic carbocycles. The fourth-order valence-corrected chi connectivity index (χ4v) is 3.56. The molecule has 1 amide bonds. The number of nitrogens with one attached hydrogen (secondary N) is 1. The van der Waals surface area contributed by atoms with Crippen molar-refractivity contribution in [3.05, 3.63) is 70.9 Å². The summed E-state index contributed by atoms with van der Waals surface area (Å²) < 4.78 is 2.18. The smallest absolute Gasteiger partial charge is 0.251 e. The third-order valence-corrected chi connectivity index (χ3v) is 4.79. The van der Waals surface area contributed by atoms with Crippen LogP contribution in [0.5, 0.6) is 0 Å². The molecule has 1 N–H and O–H groups in total. The molecule has 0 aliphatic rings. The van der Waals surface area contributed by atoms with E-state index in [2.05, 4.69) is 35.9 Å². The Morgan fingerprint density at radius 2 is 1.89 bits per heavy atom. The lowest BCUT2D eigenvalue weighted by molar-refractivity contribution is 0.0953. The minimum atomic E-state index is -0.0787. The molecular formula is C23H26N2O2. The van der Waals surface area contributed by atoms with Crippen LogP contribution in [0.3, 0.4) is 0 Å². The number of aldehydes is 1. The van der Waals surface area contributed by atoms with Gasteiger partial charge in [0.2, 0.25) is 0 Å². The molecule has 27 heavy (non-hydrogen) atoms. The van der Waals surface area contributed by atoms with Crippen molar-refractivity contribution < 1.29 is 9.59 Å². The van der Waals surface area contributed by atoms with E-state index < -0.39 is 0 Å². The number of carbonyl (C=O) groups excluding carboxylic acids is 2. The molecule has 0 bridgehead atoms. The van der Waals surface area contributed by atoms with Gasteiger partial charge in [-0.1, -0.05) is 57.2 Å². The van der Waals surface area contributed by atoms with Crippen LogP contribution in [0.15, 0.2) is 48.5 Å². The molecule has 0 fully saturated rings. The number of aromatic nitrogens is 1. The summed E-state index contributed by atoms with van der Waals surface area (Å²) in [7, 11) is 0. The summed E-state index contributed by atoms with van der Waals surface area (Å²) in [6.07, 6.45) is 1.83. The summed E-state index contributed by atoms with van der Waals surface area (Å²) >= 11 is 0. The fraction of sp³-hybridized carbons (Fsp3) is 0.304. The van der Waals surface area contributed by atoms with Crippen molar-refractivity contribution in [3.63, 3.8) is 0 Å². The summed E-state index contributed by atoms with van der Waals surface area (Å²) in [4.78, 5) is 24.3. The lowest BCUT2D eigenvalue weighted by Crippen LogP contribution is -2.23. The van der Waals surface area contributed by atoms with E-state index >= 15 is 0 Å². The van der Waals surface area contributed by atoms with E-state index in [-0.39, 0.29) is 11.8 Å². The van der Waals surface area contributed by atoms with Crippen LogP contribution in [0.1, 0.15) is 65.1 Å². The van der Waals surface area contributed by atoms with Crippen molar-refractivity contribution in [1.82, 2.24) is 9.88 Å². The SMILES string of the molecule is CCCNC(=O)c1ccc2c(C=O)c(C(C)C)n(Cc3ccccc3)c2c1. The highest BCUT2D eigenvalue weighted by Crippen LogP contribution is 2.31. The molecule has 4 heteroatoms. The van der Waals surface area contributed by atoms with Gasteiger partial charge in [0.05, 0.1) is 5.52 Å². The van der Waals surface area contributed by atoms with Gasteiger partial charge in [0.1, 0.15) is 0 Å². The third kappa shape index (κ3) is 3.80. The fourth-order valence-electron chi connectivity index (χ4n) is 3.56. The highest BCUT2D eigenvalue weighted by atomic mass is 16.1. The Balaban J connectivity index is 2.17. The van der Waals surface area contributed by atoms with E-state index in [1.165, 1.54) is 0 Å². The van der Waals surface area contributed by atoms with E-state index in [0.29, 0.717) is 18.7 Å². The third-order valence-electron chi connectivity index (χ3n) is 4.79. The Morgan fingerprint density at radius 1 is 1.15 bits per heavy atom. The molecule has 0 saturated carbocycles. The number of nitrogens with zero attached hydrogens (tertiary/aromatic N) is 1. The Bertz CT molecular complexity index is 955. The van der Waals surface area contributed by atoms with Gasteiger partial charge in [-0.05, 0) is 30.0 Å². The van der Waals surface area contributed by atoms with Gasteiger partial charge in [-0.25, -0.2) is 0 Å². The summed E-state index contributed by atoms with van der Waals surface area (Å²) in [5.74, 6) is 0.114. The molecule has 3 aromatic rings. The normalized spacial score (nSPS) is 11.1. The molecule has 140 valence electrons. The van der Waals surface area contributed by atoms with Crippen LogP contribution in [0.25, 0.3) is 10.9 Å². The van der Waals surface area contributed by atoms with Gasteiger partial charge in [-0.2, -0.15) is 0 Å². The van der Waals surface area contributed by atoms with Crippen molar-refractivity contribution in [2.24, 2.45) is 0 Å². The first-order chi connectivity index (χ1) is 13.1. The molecule has 0 aliphatic heterocycles. The number of benzene rings is 2. The van der Waals surface area contributed by atoms with Gasteiger partial charge in [0.25, 0.3) is 5.91 Å². The van der Waals surface area contributed by atoms with E-state index in [1.54, 1.807) is 6.07 Å². The minimum absolute atomic E-state index is 0.0787. The summed E-state index contributed by atoms with van der Waals surface area (Å²) in [5.41, 5.74) is 4.44. The van der Waals surface area contributed by atoms with Gasteiger partial charge in [0, 0.05) is 35.3 Å². The van der Waals surface area contributed by atoms with Crippen molar-refractivity contribution in [2.45, 2.75) is 39.7 Å². The van der Waals surface area contributed by atoms with Gasteiger partial charge < -0.3 is 9.88 Å². The van der Waals surface area contributed by atoms with Crippen LogP contribution < -0.4 is 5.32 Å². The zero-order chi connectivity index (χ0) is 19.4. The Hall–Kier alpha value is -2.88. The van der Waals surface area contributed by atoms with Crippen LogP contribution in [0, 0.1) is 0 Å². The molecule has 0 radical (unpaired) electrons. The average molecular weight is 362 g/mol. The van der Waals surface area contributed by atoms with Crippen LogP contribution in [0.2, 0.25) is 0 Å². The quantitative estimate of drug-likeness (QED) is 0.616.